The third-order valence-electron chi connectivity index (χ3n) is 4.98. The number of rotatable bonds is 7. The summed E-state index contributed by atoms with van der Waals surface area (Å²) in [5, 5.41) is 1.27. The van der Waals surface area contributed by atoms with Gasteiger partial charge in [-0.1, -0.05) is 60.8 Å². The van der Waals surface area contributed by atoms with Crippen molar-refractivity contribution in [3.8, 4) is 0 Å². The zero-order valence-electron chi connectivity index (χ0n) is 16.4. The van der Waals surface area contributed by atoms with E-state index in [9.17, 15) is 4.79 Å². The molecule has 0 aromatic heterocycles. The van der Waals surface area contributed by atoms with Crippen molar-refractivity contribution < 1.29 is 19.0 Å². The van der Waals surface area contributed by atoms with Crippen molar-refractivity contribution in [2.75, 3.05) is 0 Å². The number of benzene rings is 1. The molecule has 0 N–H and O–H groups in total. The van der Waals surface area contributed by atoms with Gasteiger partial charge < -0.3 is 14.2 Å². The predicted octanol–water partition coefficient (Wildman–Crippen LogP) is 3.80. The molecule has 0 saturated carbocycles. The fourth-order valence-corrected chi connectivity index (χ4v) is 6.79. The maximum absolute atomic E-state index is 11.9. The van der Waals surface area contributed by atoms with E-state index in [1.54, 1.807) is 6.08 Å². The third-order valence-corrected chi connectivity index (χ3v) is 9.03. The van der Waals surface area contributed by atoms with E-state index in [4.69, 9.17) is 14.2 Å². The summed E-state index contributed by atoms with van der Waals surface area (Å²) >= 11 is 0. The lowest BCUT2D eigenvalue weighted by Gasteiger charge is -2.39. The second-order valence-corrected chi connectivity index (χ2v) is 12.4. The molecule has 1 fully saturated rings. The van der Waals surface area contributed by atoms with Gasteiger partial charge in [0.2, 0.25) is 0 Å². The lowest BCUT2D eigenvalue weighted by Crippen LogP contribution is -2.54. The molecule has 5 heteroatoms. The first-order valence-electron chi connectivity index (χ1n) is 8.96. The number of esters is 1. The Labute approximate surface area is 157 Å². The van der Waals surface area contributed by atoms with E-state index in [1.165, 1.54) is 12.1 Å². The second kappa shape index (κ2) is 7.90. The molecule has 1 aliphatic rings. The van der Waals surface area contributed by atoms with E-state index in [0.717, 1.165) is 0 Å². The smallest absolute Gasteiger partial charge is 0.303 e. The van der Waals surface area contributed by atoms with E-state index in [2.05, 4.69) is 38.4 Å². The van der Waals surface area contributed by atoms with Crippen molar-refractivity contribution in [3.63, 3.8) is 0 Å². The van der Waals surface area contributed by atoms with E-state index >= 15 is 0 Å². The summed E-state index contributed by atoms with van der Waals surface area (Å²) in [4.78, 5) is 11.9. The van der Waals surface area contributed by atoms with Crippen LogP contribution in [0.3, 0.4) is 0 Å². The fraction of sp³-hybridized carbons (Fsp3) is 0.476. The molecule has 0 spiro atoms. The second-order valence-electron chi connectivity index (χ2n) is 7.72. The Balaban J connectivity index is 2.45. The van der Waals surface area contributed by atoms with Gasteiger partial charge >= 0.3 is 5.97 Å². The zero-order chi connectivity index (χ0) is 19.5. The van der Waals surface area contributed by atoms with Crippen LogP contribution in [0.4, 0.5) is 0 Å². The minimum atomic E-state index is -2.06. The average molecular weight is 375 g/mol. The van der Waals surface area contributed by atoms with Crippen LogP contribution in [0.15, 0.2) is 55.6 Å². The molecule has 0 radical (unpaired) electrons. The number of hydrogen-bond donors (Lipinski definition) is 0. The number of carbonyl (C=O) groups is 1. The summed E-state index contributed by atoms with van der Waals surface area (Å²) in [5.41, 5.74) is -0.0428. The van der Waals surface area contributed by atoms with Crippen molar-refractivity contribution in [2.24, 2.45) is 0 Å². The molecule has 142 valence electrons. The van der Waals surface area contributed by atoms with Gasteiger partial charge in [0, 0.05) is 12.5 Å². The van der Waals surface area contributed by atoms with Gasteiger partial charge in [-0.15, -0.1) is 13.2 Å². The molecule has 2 rings (SSSR count). The van der Waals surface area contributed by atoms with E-state index < -0.39 is 26.1 Å². The predicted molar refractivity (Wildman–Crippen MR) is 107 cm³/mol. The molecule has 26 heavy (non-hydrogen) atoms. The minimum Gasteiger partial charge on any atom is -0.459 e. The van der Waals surface area contributed by atoms with Crippen LogP contribution in [-0.4, -0.2) is 38.1 Å². The van der Waals surface area contributed by atoms with E-state index in [1.807, 2.05) is 38.1 Å². The van der Waals surface area contributed by atoms with Crippen LogP contribution in [0.2, 0.25) is 18.6 Å². The standard InChI is InChI=1S/C21H30O4Si/c1-8-17-19(25-21(4,5)24-17)20(23-15(3)22)18(9-2)26(6,7)16-13-11-10-12-14-16/h8-14,17-20H,1-2H2,3-7H3/t17-,18?,19?,20?/m0/s1. The Morgan fingerprint density at radius 2 is 1.85 bits per heavy atom. The van der Waals surface area contributed by atoms with Crippen LogP contribution >= 0.6 is 0 Å². The Kier molecular flexibility index (Phi) is 6.27. The van der Waals surface area contributed by atoms with E-state index in [0.29, 0.717) is 0 Å². The van der Waals surface area contributed by atoms with Crippen LogP contribution in [-0.2, 0) is 19.0 Å². The lowest BCUT2D eigenvalue weighted by molar-refractivity contribution is -0.169. The SMILES string of the molecule is C=CC(C(OC(C)=O)C1OC(C)(C)O[C@H]1C=C)[Si](C)(C)c1ccccc1. The van der Waals surface area contributed by atoms with E-state index in [-0.39, 0.29) is 17.6 Å². The highest BCUT2D eigenvalue weighted by molar-refractivity contribution is 6.91. The molecule has 1 aromatic carbocycles. The Morgan fingerprint density at radius 3 is 2.35 bits per heavy atom. The molecule has 1 saturated heterocycles. The lowest BCUT2D eigenvalue weighted by atomic mass is 10.0. The largest absolute Gasteiger partial charge is 0.459 e. The van der Waals surface area contributed by atoms with Crippen molar-refractivity contribution in [3.05, 3.63) is 55.6 Å². The van der Waals surface area contributed by atoms with Gasteiger partial charge in [0.25, 0.3) is 0 Å². The monoisotopic (exact) mass is 374 g/mol. The number of ether oxygens (including phenoxy) is 3. The first kappa shape index (κ1) is 20.6. The van der Waals surface area contributed by atoms with Crippen molar-refractivity contribution >= 4 is 19.2 Å². The molecule has 1 aliphatic heterocycles. The summed E-state index contributed by atoms with van der Waals surface area (Å²) in [6.45, 7) is 17.6. The highest BCUT2D eigenvalue weighted by Crippen LogP contribution is 2.39. The molecule has 0 aliphatic carbocycles. The molecule has 4 atom stereocenters. The maximum Gasteiger partial charge on any atom is 0.303 e. The molecule has 1 aromatic rings. The van der Waals surface area contributed by atoms with Gasteiger partial charge in [0.05, 0.1) is 8.07 Å². The number of hydrogen-bond acceptors (Lipinski definition) is 4. The Morgan fingerprint density at radius 1 is 1.23 bits per heavy atom. The topological polar surface area (TPSA) is 44.8 Å². The van der Waals surface area contributed by atoms with Gasteiger partial charge in [-0.2, -0.15) is 0 Å². The molecular formula is C21H30O4Si. The molecule has 1 heterocycles. The normalized spacial score (nSPS) is 24.5. The number of carbonyl (C=O) groups excluding carboxylic acids is 1. The first-order chi connectivity index (χ1) is 12.1. The van der Waals surface area contributed by atoms with Crippen molar-refractivity contribution in [2.45, 2.75) is 63.5 Å². The fourth-order valence-electron chi connectivity index (χ4n) is 3.69. The van der Waals surface area contributed by atoms with Crippen molar-refractivity contribution in [1.82, 2.24) is 0 Å². The van der Waals surface area contributed by atoms with Gasteiger partial charge in [0.15, 0.2) is 5.79 Å². The highest BCUT2D eigenvalue weighted by Gasteiger charge is 2.50. The van der Waals surface area contributed by atoms with Gasteiger partial charge in [-0.25, -0.2) is 0 Å². The van der Waals surface area contributed by atoms with Gasteiger partial charge in [-0.05, 0) is 13.8 Å². The summed E-state index contributed by atoms with van der Waals surface area (Å²) < 4.78 is 17.9. The van der Waals surface area contributed by atoms with Crippen molar-refractivity contribution in [1.29, 1.82) is 0 Å². The maximum atomic E-state index is 11.9. The summed E-state index contributed by atoms with van der Waals surface area (Å²) in [6, 6.07) is 10.3. The third kappa shape index (κ3) is 4.34. The summed E-state index contributed by atoms with van der Waals surface area (Å²) in [5.74, 6) is -1.10. The Hall–Kier alpha value is -1.69. The quantitative estimate of drug-likeness (QED) is 0.414. The van der Waals surface area contributed by atoms with Gasteiger partial charge in [-0.3, -0.25) is 4.79 Å². The molecular weight excluding hydrogens is 344 g/mol. The van der Waals surface area contributed by atoms with Gasteiger partial charge in [0.1, 0.15) is 18.3 Å². The zero-order valence-corrected chi connectivity index (χ0v) is 17.4. The molecule has 3 unspecified atom stereocenters. The highest BCUT2D eigenvalue weighted by atomic mass is 28.3. The average Bonchev–Trinajstić information content (AvgIpc) is 2.89. The molecule has 0 amide bonds. The van der Waals surface area contributed by atoms with Crippen LogP contribution in [0.5, 0.6) is 0 Å². The summed E-state index contributed by atoms with van der Waals surface area (Å²) in [7, 11) is -2.06. The minimum absolute atomic E-state index is 0.0428. The van der Waals surface area contributed by atoms with Crippen LogP contribution < -0.4 is 5.19 Å². The summed E-state index contributed by atoms with van der Waals surface area (Å²) in [6.07, 6.45) is 2.35. The first-order valence-corrected chi connectivity index (χ1v) is 12.0. The molecule has 4 nitrogen and oxygen atoms in total. The molecule has 0 bridgehead atoms. The van der Waals surface area contributed by atoms with Crippen LogP contribution in [0.1, 0.15) is 20.8 Å². The van der Waals surface area contributed by atoms with Crippen LogP contribution in [0.25, 0.3) is 0 Å². The Bertz CT molecular complexity index is 653. The van der Waals surface area contributed by atoms with Crippen LogP contribution in [0, 0.1) is 0 Å².